The number of nitrogens with zero attached hydrogens (tertiary/aromatic N) is 13. The third-order valence-corrected chi connectivity index (χ3v) is 19.1. The summed E-state index contributed by atoms with van der Waals surface area (Å²) in [5, 5.41) is 27.2. The van der Waals surface area contributed by atoms with Gasteiger partial charge in [-0.1, -0.05) is 34.1 Å². The minimum Gasteiger partial charge on any atom is -0.444 e. The molecule has 0 aliphatic carbocycles. The van der Waals surface area contributed by atoms with E-state index in [2.05, 4.69) is 53.1 Å². The monoisotopic (exact) mass is 1490 g/mol. The molecule has 15 rings (SSSR count). The SMILES string of the molecule is CC(C)(C)OC(=O)N1CCC[C@H]1c1nc2cc(-c3cccc(C#N)n3)ccc2o1.CC(C)(C)OC(=O)N1CCC[C@H]1c1nc2cc(B3OC(C)(C)C(C)(C)O3)ccc2o1.CC(C)(C)OC(=O)N1CCC[C@H]1c1nc2cc(Br)ccc2o1.N#Cc1cccc(-c2ccc3oc([C@@H]4CCCN4C#N)nc3c2)n1. The van der Waals surface area contributed by atoms with Gasteiger partial charge >= 0.3 is 25.4 Å². The molecular weight excluding hydrogens is 1400 g/mol. The first-order valence-corrected chi connectivity index (χ1v) is 36.1. The lowest BCUT2D eigenvalue weighted by atomic mass is 9.79. The highest BCUT2D eigenvalue weighted by molar-refractivity contribution is 9.10. The number of fused-ring (bicyclic) bond motifs is 4. The molecule has 5 aliphatic heterocycles. The van der Waals surface area contributed by atoms with Crippen LogP contribution < -0.4 is 5.46 Å². The van der Waals surface area contributed by atoms with E-state index in [-0.39, 0.29) is 42.4 Å². The standard InChI is InChI=1S/C22H31BN2O5.C22H22N4O3.C18H13N5O.C16H19BrN2O3/c1-20(2,3)28-19(26)25-12-8-9-16(25)18-24-15-13-14(10-11-17(15)27-18)23-29-21(4,5)22(6,7)30-23;1-22(2,3)29-21(27)26-11-5-8-18(26)20-25-17-12-14(9-10-19(17)28-20)16-7-4-6-15(13-23)24-16;19-10-13-3-1-4-14(21-13)12-6-7-17-15(9-12)22-18(24-17)16-5-2-8-23(16)11-20;1-16(2,3)22-15(20)19-8-4-5-12(19)14-18-11-9-10(17)6-7-13(11)21-14/h10-11,13,16H,8-9,12H2,1-7H3;4,6-7,9-10,12,18H,5,8,11H2,1-3H3;1,3-4,6-7,9,16H,2,5,8H2;6-7,9,12H,4-5,8H2,1-3H3/t16-;18-;16-;12-/m0000/s1. The van der Waals surface area contributed by atoms with E-state index in [1.165, 1.54) is 0 Å². The molecule has 11 heterocycles. The van der Waals surface area contributed by atoms with E-state index in [9.17, 15) is 19.6 Å². The number of oxazole rings is 4. The van der Waals surface area contributed by atoms with Crippen molar-refractivity contribution in [2.24, 2.45) is 0 Å². The van der Waals surface area contributed by atoms with E-state index in [1.54, 1.807) is 37.8 Å². The first-order chi connectivity index (χ1) is 49.8. The minimum atomic E-state index is -0.550. The average Bonchev–Trinajstić information content (AvgIpc) is 1.64. The third kappa shape index (κ3) is 17.2. The van der Waals surface area contributed by atoms with E-state index in [4.69, 9.17) is 56.7 Å². The lowest BCUT2D eigenvalue weighted by Crippen LogP contribution is -2.41. The second-order valence-electron chi connectivity index (χ2n) is 30.5. The van der Waals surface area contributed by atoms with Crippen LogP contribution in [0.3, 0.4) is 0 Å². The molecule has 0 bridgehead atoms. The fourth-order valence-corrected chi connectivity index (χ4v) is 13.3. The van der Waals surface area contributed by atoms with Crippen LogP contribution in [0, 0.1) is 34.1 Å². The fraction of sp³-hybridized carbons (Fsp3) is 0.436. The van der Waals surface area contributed by atoms with Crippen LogP contribution >= 0.6 is 15.9 Å². The fourth-order valence-electron chi connectivity index (χ4n) is 12.9. The van der Waals surface area contributed by atoms with Crippen LogP contribution in [0.25, 0.3) is 66.9 Å². The van der Waals surface area contributed by atoms with Gasteiger partial charge in [0.25, 0.3) is 0 Å². The van der Waals surface area contributed by atoms with Crippen molar-refractivity contribution in [1.29, 1.82) is 15.8 Å². The number of carbonyl (C=O) groups is 3. The van der Waals surface area contributed by atoms with Gasteiger partial charge in [0.05, 0.1) is 22.6 Å². The first-order valence-electron chi connectivity index (χ1n) is 35.4. The summed E-state index contributed by atoms with van der Waals surface area (Å²) >= 11 is 3.43. The van der Waals surface area contributed by atoms with Gasteiger partial charge in [0, 0.05) is 41.8 Å². The molecule has 0 spiro atoms. The van der Waals surface area contributed by atoms with Gasteiger partial charge in [-0.25, -0.2) is 44.3 Å². The number of nitriles is 3. The number of rotatable bonds is 7. The summed E-state index contributed by atoms with van der Waals surface area (Å²) in [5.74, 6) is 2.22. The van der Waals surface area contributed by atoms with Crippen molar-refractivity contribution >= 4 is 91.2 Å². The smallest absolute Gasteiger partial charge is 0.444 e. The number of halogens is 1. The summed E-state index contributed by atoms with van der Waals surface area (Å²) in [6, 6.07) is 36.8. The molecule has 6 aromatic heterocycles. The minimum absolute atomic E-state index is 0.0779. The summed E-state index contributed by atoms with van der Waals surface area (Å²) in [5.41, 5.74) is 8.09. The average molecular weight is 1490 g/mol. The van der Waals surface area contributed by atoms with Gasteiger partial charge in [0.2, 0.25) is 23.6 Å². The second-order valence-corrected chi connectivity index (χ2v) is 31.4. The van der Waals surface area contributed by atoms with Crippen molar-refractivity contribution in [2.75, 3.05) is 26.2 Å². The van der Waals surface area contributed by atoms with Crippen LogP contribution in [-0.2, 0) is 23.5 Å². The highest BCUT2D eigenvalue weighted by Crippen LogP contribution is 2.41. The Bertz CT molecular complexity index is 4990. The maximum absolute atomic E-state index is 12.6. The molecule has 0 unspecified atom stereocenters. The summed E-state index contributed by atoms with van der Waals surface area (Å²) in [4.78, 5) is 71.4. The van der Waals surface area contributed by atoms with E-state index in [0.717, 1.165) is 107 Å². The van der Waals surface area contributed by atoms with Crippen LogP contribution in [-0.4, -0.2) is 129 Å². The van der Waals surface area contributed by atoms with Gasteiger partial charge in [-0.2, -0.15) is 15.8 Å². The molecule has 10 aromatic rings. The Morgan fingerprint density at radius 3 is 1.21 bits per heavy atom. The molecule has 105 heavy (non-hydrogen) atoms. The third-order valence-electron chi connectivity index (χ3n) is 18.6. The quantitative estimate of drug-likeness (QED) is 0.0813. The summed E-state index contributed by atoms with van der Waals surface area (Å²) in [6.45, 7) is 27.6. The molecule has 0 N–H and O–H groups in total. The summed E-state index contributed by atoms with van der Waals surface area (Å²) in [7, 11) is -0.454. The van der Waals surface area contributed by atoms with Crippen molar-refractivity contribution in [1.82, 2.24) is 49.5 Å². The molecule has 5 fully saturated rings. The van der Waals surface area contributed by atoms with Crippen LogP contribution in [0.15, 0.2) is 131 Å². The Labute approximate surface area is 618 Å². The van der Waals surface area contributed by atoms with Gasteiger partial charge in [0.15, 0.2) is 28.5 Å². The highest BCUT2D eigenvalue weighted by Gasteiger charge is 2.52. The van der Waals surface area contributed by atoms with E-state index < -0.39 is 35.1 Å². The number of carbonyl (C=O) groups excluding carboxylic acids is 3. The molecule has 0 saturated carbocycles. The molecule has 544 valence electrons. The van der Waals surface area contributed by atoms with Crippen molar-refractivity contribution in [3.63, 3.8) is 0 Å². The zero-order chi connectivity index (χ0) is 74.9. The van der Waals surface area contributed by atoms with Crippen molar-refractivity contribution in [3.05, 3.63) is 149 Å². The molecule has 5 aliphatic rings. The predicted molar refractivity (Wildman–Crippen MR) is 394 cm³/mol. The molecule has 3 amide bonds. The number of aromatic nitrogens is 6. The predicted octanol–water partition coefficient (Wildman–Crippen LogP) is 17.1. The Morgan fingerprint density at radius 1 is 0.467 bits per heavy atom. The highest BCUT2D eigenvalue weighted by atomic mass is 79.9. The molecule has 0 radical (unpaired) electrons. The largest absolute Gasteiger partial charge is 0.494 e. The normalized spacial score (nSPS) is 19.1. The van der Waals surface area contributed by atoms with Crippen LogP contribution in [0.4, 0.5) is 14.4 Å². The lowest BCUT2D eigenvalue weighted by molar-refractivity contribution is 0.00578. The van der Waals surface area contributed by atoms with Crippen LogP contribution in [0.1, 0.15) is 200 Å². The zero-order valence-corrected chi connectivity index (χ0v) is 62.9. The second kappa shape index (κ2) is 30.0. The van der Waals surface area contributed by atoms with Crippen LogP contribution in [0.5, 0.6) is 0 Å². The zero-order valence-electron chi connectivity index (χ0n) is 61.4. The van der Waals surface area contributed by atoms with Gasteiger partial charge in [-0.15, -0.1) is 0 Å². The maximum atomic E-state index is 12.6. The topological polar surface area (TPSA) is 312 Å². The van der Waals surface area contributed by atoms with Gasteiger partial charge in [-0.3, -0.25) is 19.6 Å². The Kier molecular flexibility index (Phi) is 21.2. The van der Waals surface area contributed by atoms with Crippen molar-refractivity contribution in [2.45, 2.75) is 194 Å². The molecule has 25 nitrogen and oxygen atoms in total. The number of pyridine rings is 2. The maximum Gasteiger partial charge on any atom is 0.494 e. The molecule has 27 heteroatoms. The van der Waals surface area contributed by atoms with E-state index in [0.29, 0.717) is 82.5 Å². The Balaban J connectivity index is 0.000000132. The van der Waals surface area contributed by atoms with Crippen LogP contribution in [0.2, 0.25) is 0 Å². The van der Waals surface area contributed by atoms with Crippen molar-refractivity contribution < 1.29 is 55.6 Å². The van der Waals surface area contributed by atoms with Crippen molar-refractivity contribution in [3.8, 4) is 40.8 Å². The molecular formula is C78H85BBrN13O12. The molecule has 4 aromatic carbocycles. The number of benzene rings is 4. The van der Waals surface area contributed by atoms with E-state index >= 15 is 0 Å². The van der Waals surface area contributed by atoms with Gasteiger partial charge in [-0.05, 0) is 238 Å². The molecule has 4 atom stereocenters. The number of ether oxygens (including phenoxy) is 3. The number of hydrogen-bond acceptors (Lipinski definition) is 22. The van der Waals surface area contributed by atoms with E-state index in [1.807, 2.05) is 187 Å². The summed E-state index contributed by atoms with van der Waals surface area (Å²) < 4.78 is 53.5. The van der Waals surface area contributed by atoms with Gasteiger partial charge in [0.1, 0.15) is 86.6 Å². The molecule has 5 saturated heterocycles. The number of amides is 3. The first kappa shape index (κ1) is 74.3. The number of likely N-dealkylation sites (tertiary alicyclic amines) is 4. The number of hydrogen-bond donors (Lipinski definition) is 0. The lowest BCUT2D eigenvalue weighted by Gasteiger charge is -2.32. The Morgan fingerprint density at radius 2 is 0.819 bits per heavy atom. The summed E-state index contributed by atoms with van der Waals surface area (Å²) in [6.07, 6.45) is 8.17. The van der Waals surface area contributed by atoms with Gasteiger partial charge < -0.3 is 41.2 Å². The Hall–Kier alpha value is -10.4.